The van der Waals surface area contributed by atoms with Crippen molar-refractivity contribution in [1.29, 1.82) is 0 Å². The van der Waals surface area contributed by atoms with Crippen LogP contribution in [0.3, 0.4) is 0 Å². The first-order chi connectivity index (χ1) is 13.2. The summed E-state index contributed by atoms with van der Waals surface area (Å²) in [5.41, 5.74) is 1.09. The van der Waals surface area contributed by atoms with Crippen molar-refractivity contribution in [2.45, 2.75) is 0 Å². The van der Waals surface area contributed by atoms with E-state index in [1.165, 1.54) is 19.2 Å². The number of pyridine rings is 1. The van der Waals surface area contributed by atoms with Crippen LogP contribution in [0.1, 0.15) is 0 Å². The van der Waals surface area contributed by atoms with Crippen LogP contribution in [-0.4, -0.2) is 18.1 Å². The van der Waals surface area contributed by atoms with E-state index in [9.17, 15) is 9.70 Å². The Morgan fingerprint density at radius 1 is 0.963 bits per heavy atom. The fourth-order valence-corrected chi connectivity index (χ4v) is 2.28. The van der Waals surface area contributed by atoms with Crippen molar-refractivity contribution in [3.63, 3.8) is 0 Å². The van der Waals surface area contributed by atoms with E-state index in [1.807, 2.05) is 0 Å². The fraction of sp³-hybridized carbons (Fsp3) is 0.0526. The summed E-state index contributed by atoms with van der Waals surface area (Å²) in [6, 6.07) is 14.4. The molecule has 2 amide bonds. The topological polar surface area (TPSA) is 102 Å². The second-order valence-electron chi connectivity index (χ2n) is 5.36. The molecule has 1 heterocycles. The number of rotatable bonds is 6. The van der Waals surface area contributed by atoms with E-state index in [4.69, 9.17) is 9.47 Å². The number of nitrogens with one attached hydrogen (secondary N) is 2. The fourth-order valence-electron chi connectivity index (χ4n) is 2.28. The molecule has 0 bridgehead atoms. The maximum absolute atomic E-state index is 12.2. The highest BCUT2D eigenvalue weighted by Gasteiger charge is 2.09. The number of methoxy groups -OCH3 is 1. The number of aromatic nitrogens is 1. The molecule has 2 N–H and O–H groups in total. The van der Waals surface area contributed by atoms with Crippen molar-refractivity contribution in [3.8, 4) is 17.2 Å². The van der Waals surface area contributed by atoms with Gasteiger partial charge in [0.2, 0.25) is 0 Å². The van der Waals surface area contributed by atoms with Crippen molar-refractivity contribution in [2.75, 3.05) is 17.7 Å². The molecule has 0 saturated heterocycles. The van der Waals surface area contributed by atoms with Gasteiger partial charge in [-0.05, 0) is 59.8 Å². The predicted molar refractivity (Wildman–Crippen MR) is 102 cm³/mol. The largest absolute Gasteiger partial charge is 0.495 e. The molecule has 0 spiro atoms. The smallest absolute Gasteiger partial charge is 0.323 e. The molecule has 3 rings (SSSR count). The average Bonchev–Trinajstić information content (AvgIpc) is 2.70. The lowest BCUT2D eigenvalue weighted by Gasteiger charge is -2.12. The van der Waals surface area contributed by atoms with Gasteiger partial charge in [0.15, 0.2) is 0 Å². The van der Waals surface area contributed by atoms with Crippen molar-refractivity contribution in [1.82, 2.24) is 4.98 Å². The zero-order valence-corrected chi connectivity index (χ0v) is 14.4. The number of nitroso groups, excluding NO2 is 1. The molecule has 8 nitrogen and oxygen atoms in total. The summed E-state index contributed by atoms with van der Waals surface area (Å²) in [6.07, 6.45) is 3.28. The maximum atomic E-state index is 12.2. The number of hydrogen-bond donors (Lipinski definition) is 2. The molecule has 0 aliphatic heterocycles. The summed E-state index contributed by atoms with van der Waals surface area (Å²) < 4.78 is 10.8. The lowest BCUT2D eigenvalue weighted by molar-refractivity contribution is 0.262. The Kier molecular flexibility index (Phi) is 5.58. The van der Waals surface area contributed by atoms with Crippen LogP contribution in [0.25, 0.3) is 0 Å². The third-order valence-electron chi connectivity index (χ3n) is 3.53. The summed E-state index contributed by atoms with van der Waals surface area (Å²) in [5, 5.41) is 8.16. The normalized spacial score (nSPS) is 9.96. The van der Waals surface area contributed by atoms with Crippen LogP contribution in [0, 0.1) is 4.91 Å². The number of hydrogen-bond acceptors (Lipinski definition) is 6. The SMILES string of the molecule is COc1ccc(N=O)cc1NC(=O)Nc1ccc(Oc2ccncc2)cc1. The summed E-state index contributed by atoms with van der Waals surface area (Å²) in [7, 11) is 1.47. The summed E-state index contributed by atoms with van der Waals surface area (Å²) >= 11 is 0. The monoisotopic (exact) mass is 364 g/mol. The molecule has 2 aromatic carbocycles. The predicted octanol–water partition coefficient (Wildman–Crippen LogP) is 4.92. The third-order valence-corrected chi connectivity index (χ3v) is 3.53. The van der Waals surface area contributed by atoms with E-state index in [0.29, 0.717) is 28.6 Å². The highest BCUT2D eigenvalue weighted by molar-refractivity contribution is 6.01. The zero-order valence-electron chi connectivity index (χ0n) is 14.4. The minimum absolute atomic E-state index is 0.184. The number of benzene rings is 2. The zero-order chi connectivity index (χ0) is 19.1. The van der Waals surface area contributed by atoms with Crippen molar-refractivity contribution in [2.24, 2.45) is 5.18 Å². The van der Waals surface area contributed by atoms with E-state index in [2.05, 4.69) is 20.8 Å². The number of carbonyl (C=O) groups excluding carboxylic acids is 1. The highest BCUT2D eigenvalue weighted by atomic mass is 16.5. The minimum Gasteiger partial charge on any atom is -0.495 e. The number of ether oxygens (including phenoxy) is 2. The van der Waals surface area contributed by atoms with Gasteiger partial charge in [-0.1, -0.05) is 0 Å². The van der Waals surface area contributed by atoms with Crippen LogP contribution < -0.4 is 20.1 Å². The Morgan fingerprint density at radius 2 is 1.67 bits per heavy atom. The van der Waals surface area contributed by atoms with Gasteiger partial charge in [0.25, 0.3) is 0 Å². The summed E-state index contributed by atoms with van der Waals surface area (Å²) in [6.45, 7) is 0. The van der Waals surface area contributed by atoms with Gasteiger partial charge >= 0.3 is 6.03 Å². The molecule has 8 heteroatoms. The van der Waals surface area contributed by atoms with E-state index < -0.39 is 6.03 Å². The lowest BCUT2D eigenvalue weighted by atomic mass is 10.2. The lowest BCUT2D eigenvalue weighted by Crippen LogP contribution is -2.19. The Bertz CT molecular complexity index is 930. The minimum atomic E-state index is -0.487. The highest BCUT2D eigenvalue weighted by Crippen LogP contribution is 2.29. The van der Waals surface area contributed by atoms with Crippen LogP contribution in [0.2, 0.25) is 0 Å². The van der Waals surface area contributed by atoms with E-state index in [1.54, 1.807) is 54.9 Å². The van der Waals surface area contributed by atoms with Crippen LogP contribution >= 0.6 is 0 Å². The molecule has 0 fully saturated rings. The van der Waals surface area contributed by atoms with Gasteiger partial charge < -0.3 is 20.1 Å². The molecule has 136 valence electrons. The second kappa shape index (κ2) is 8.43. The van der Waals surface area contributed by atoms with Gasteiger partial charge in [0.05, 0.1) is 12.8 Å². The Hall–Kier alpha value is -3.94. The first-order valence-corrected chi connectivity index (χ1v) is 7.95. The first-order valence-electron chi connectivity index (χ1n) is 7.95. The Morgan fingerprint density at radius 3 is 2.33 bits per heavy atom. The molecular weight excluding hydrogens is 348 g/mol. The molecule has 0 saturated carbocycles. The molecule has 3 aromatic rings. The number of urea groups is 1. The van der Waals surface area contributed by atoms with Crippen LogP contribution in [-0.2, 0) is 0 Å². The molecule has 0 unspecified atom stereocenters. The van der Waals surface area contributed by atoms with E-state index in [0.717, 1.165) is 0 Å². The van der Waals surface area contributed by atoms with Gasteiger partial charge in [-0.2, -0.15) is 0 Å². The van der Waals surface area contributed by atoms with Crippen LogP contribution in [0.5, 0.6) is 17.2 Å². The van der Waals surface area contributed by atoms with Crippen LogP contribution in [0.15, 0.2) is 72.2 Å². The van der Waals surface area contributed by atoms with Gasteiger partial charge in [-0.25, -0.2) is 4.79 Å². The Balaban J connectivity index is 1.63. The summed E-state index contributed by atoms with van der Waals surface area (Å²) in [4.78, 5) is 26.8. The molecular formula is C19H16N4O4. The molecule has 0 aliphatic carbocycles. The Labute approximate surface area is 155 Å². The van der Waals surface area contributed by atoms with Gasteiger partial charge in [-0.3, -0.25) is 4.98 Å². The van der Waals surface area contributed by atoms with Gasteiger partial charge in [0.1, 0.15) is 22.9 Å². The van der Waals surface area contributed by atoms with Crippen molar-refractivity contribution in [3.05, 3.63) is 71.9 Å². The number of carbonyl (C=O) groups is 1. The maximum Gasteiger partial charge on any atom is 0.323 e. The number of nitrogens with zero attached hydrogens (tertiary/aromatic N) is 2. The van der Waals surface area contributed by atoms with Crippen LogP contribution in [0.4, 0.5) is 21.9 Å². The number of anilines is 2. The van der Waals surface area contributed by atoms with Crippen molar-refractivity contribution < 1.29 is 14.3 Å². The average molecular weight is 364 g/mol. The summed E-state index contributed by atoms with van der Waals surface area (Å²) in [5.74, 6) is 1.71. The van der Waals surface area contributed by atoms with E-state index in [-0.39, 0.29) is 5.69 Å². The number of amides is 2. The molecule has 0 aliphatic rings. The molecule has 0 atom stereocenters. The van der Waals surface area contributed by atoms with Gasteiger partial charge in [-0.15, -0.1) is 4.91 Å². The third kappa shape index (κ3) is 4.79. The molecule has 27 heavy (non-hydrogen) atoms. The van der Waals surface area contributed by atoms with Crippen molar-refractivity contribution >= 4 is 23.1 Å². The quantitative estimate of drug-likeness (QED) is 0.604. The molecule has 0 radical (unpaired) electrons. The molecule has 1 aromatic heterocycles. The second-order valence-corrected chi connectivity index (χ2v) is 5.36. The van der Waals surface area contributed by atoms with Gasteiger partial charge in [0, 0.05) is 18.1 Å². The van der Waals surface area contributed by atoms with E-state index >= 15 is 0 Å². The standard InChI is InChI=1S/C19H16N4O4/c1-26-18-7-4-14(23-25)12-17(18)22-19(24)21-13-2-5-15(6-3-13)27-16-8-10-20-11-9-16/h2-12H,1H3,(H2,21,22,24). The first kappa shape index (κ1) is 17.9.